The molecule has 4 nitrogen and oxygen atoms in total. The average Bonchev–Trinajstić information content (AvgIpc) is 2.64. The molecule has 22 heavy (non-hydrogen) atoms. The summed E-state index contributed by atoms with van der Waals surface area (Å²) in [5.74, 6) is 0.469. The lowest BCUT2D eigenvalue weighted by atomic mass is 9.78. The van der Waals surface area contributed by atoms with Gasteiger partial charge in [-0.15, -0.1) is 0 Å². The lowest BCUT2D eigenvalue weighted by Crippen LogP contribution is -2.41. The van der Waals surface area contributed by atoms with Crippen molar-refractivity contribution >= 4 is 31.5 Å². The van der Waals surface area contributed by atoms with Crippen LogP contribution in [0.25, 0.3) is 6.08 Å². The largest absolute Gasteiger partial charge is 0.491 e. The Morgan fingerprint density at radius 1 is 1.32 bits per heavy atom. The number of nitrogens with zero attached hydrogens (tertiary/aromatic N) is 1. The molecular weight excluding hydrogens is 295 g/mol. The molecule has 1 aromatic carbocycles. The van der Waals surface area contributed by atoms with Gasteiger partial charge in [0.05, 0.1) is 22.5 Å². The molecule has 0 amide bonds. The van der Waals surface area contributed by atoms with E-state index in [0.717, 1.165) is 11.0 Å². The van der Waals surface area contributed by atoms with E-state index in [-0.39, 0.29) is 0 Å². The summed E-state index contributed by atoms with van der Waals surface area (Å²) in [4.78, 5) is 0. The Bertz CT molecular complexity index is 634. The average molecular weight is 316 g/mol. The minimum Gasteiger partial charge on any atom is -0.400 e. The van der Waals surface area contributed by atoms with Crippen LogP contribution in [0.15, 0.2) is 23.7 Å². The highest BCUT2D eigenvalue weighted by Gasteiger charge is 2.52. The smallest absolute Gasteiger partial charge is 0.400 e. The van der Waals surface area contributed by atoms with Gasteiger partial charge in [0.1, 0.15) is 6.07 Å². The second-order valence-corrected chi connectivity index (χ2v) is 6.71. The number of nitrogens with two attached hydrogens (primary N) is 1. The number of nitriles is 1. The maximum absolute atomic E-state index is 9.28. The summed E-state index contributed by atoms with van der Waals surface area (Å²) in [5, 5.41) is 9.28. The van der Waals surface area contributed by atoms with Crippen molar-refractivity contribution < 1.29 is 9.31 Å². The zero-order chi connectivity index (χ0) is 16.5. The summed E-state index contributed by atoms with van der Waals surface area (Å²) < 4.78 is 12.1. The van der Waals surface area contributed by atoms with Crippen LogP contribution in [0, 0.1) is 11.3 Å². The first-order valence-electron chi connectivity index (χ1n) is 7.17. The van der Waals surface area contributed by atoms with Gasteiger partial charge < -0.3 is 15.0 Å². The molecule has 6 heteroatoms. The van der Waals surface area contributed by atoms with E-state index in [0.29, 0.717) is 17.0 Å². The van der Waals surface area contributed by atoms with Gasteiger partial charge in [-0.05, 0) is 44.8 Å². The van der Waals surface area contributed by atoms with E-state index in [1.54, 1.807) is 6.07 Å². The number of benzene rings is 1. The molecule has 0 atom stereocenters. The third kappa shape index (κ3) is 3.03. The fourth-order valence-corrected chi connectivity index (χ4v) is 2.46. The number of nitrogen functional groups attached to an aromatic ring is 1. The molecule has 2 N–H and O–H groups in total. The van der Waals surface area contributed by atoms with E-state index in [1.165, 1.54) is 0 Å². The lowest BCUT2D eigenvalue weighted by Gasteiger charge is -2.32. The van der Waals surface area contributed by atoms with Crippen LogP contribution in [-0.4, -0.2) is 24.1 Å². The van der Waals surface area contributed by atoms with Crippen LogP contribution in [0.2, 0.25) is 0 Å². The van der Waals surface area contributed by atoms with Crippen molar-refractivity contribution in [1.29, 1.82) is 5.26 Å². The number of hydrogen-bond donors (Lipinski definition) is 2. The first-order valence-corrected chi connectivity index (χ1v) is 7.80. The predicted octanol–water partition coefficient (Wildman–Crippen LogP) is 3.09. The molecule has 1 saturated heterocycles. The van der Waals surface area contributed by atoms with E-state index in [1.807, 2.05) is 45.9 Å². The van der Waals surface area contributed by atoms with Gasteiger partial charge in [0.2, 0.25) is 0 Å². The molecule has 1 aliphatic heterocycles. The van der Waals surface area contributed by atoms with Gasteiger partial charge >= 0.3 is 7.12 Å². The molecule has 0 radical (unpaired) electrons. The molecule has 0 saturated carbocycles. The van der Waals surface area contributed by atoms with Crippen molar-refractivity contribution in [1.82, 2.24) is 0 Å². The second kappa shape index (κ2) is 6.00. The SMILES string of the molecule is CC1(C)OB(C(=Cc2cccc(N)c2C#N)CS)OC1(C)C. The van der Waals surface area contributed by atoms with Crippen LogP contribution >= 0.6 is 12.6 Å². The molecule has 1 fully saturated rings. The minimum atomic E-state index is -0.476. The Morgan fingerprint density at radius 2 is 1.91 bits per heavy atom. The quantitative estimate of drug-likeness (QED) is 0.511. The zero-order valence-corrected chi connectivity index (χ0v) is 14.3. The Hall–Kier alpha value is -1.42. The van der Waals surface area contributed by atoms with Crippen LogP contribution in [0.5, 0.6) is 0 Å². The highest BCUT2D eigenvalue weighted by atomic mass is 32.1. The second-order valence-electron chi connectivity index (χ2n) is 6.39. The van der Waals surface area contributed by atoms with Crippen LogP contribution in [0.3, 0.4) is 0 Å². The number of thiol groups is 1. The molecule has 0 spiro atoms. The topological polar surface area (TPSA) is 68.3 Å². The maximum Gasteiger partial charge on any atom is 0.491 e. The van der Waals surface area contributed by atoms with Crippen LogP contribution in [0.1, 0.15) is 38.8 Å². The zero-order valence-electron chi connectivity index (χ0n) is 13.4. The van der Waals surface area contributed by atoms with Crippen molar-refractivity contribution in [3.63, 3.8) is 0 Å². The van der Waals surface area contributed by atoms with Gasteiger partial charge in [-0.25, -0.2) is 0 Å². The molecule has 0 aliphatic carbocycles. The third-order valence-electron chi connectivity index (χ3n) is 4.32. The Balaban J connectivity index is 2.39. The van der Waals surface area contributed by atoms with Crippen molar-refractivity contribution in [2.45, 2.75) is 38.9 Å². The van der Waals surface area contributed by atoms with Gasteiger partial charge in [0.15, 0.2) is 0 Å². The highest BCUT2D eigenvalue weighted by Crippen LogP contribution is 2.39. The Morgan fingerprint density at radius 3 is 2.41 bits per heavy atom. The summed E-state index contributed by atoms with van der Waals surface area (Å²) >= 11 is 4.38. The van der Waals surface area contributed by atoms with Crippen LogP contribution in [-0.2, 0) is 9.31 Å². The van der Waals surface area contributed by atoms with Crippen LogP contribution in [0.4, 0.5) is 5.69 Å². The monoisotopic (exact) mass is 316 g/mol. The maximum atomic E-state index is 9.28. The summed E-state index contributed by atoms with van der Waals surface area (Å²) in [6.07, 6.45) is 1.88. The minimum absolute atomic E-state index is 0.409. The van der Waals surface area contributed by atoms with E-state index < -0.39 is 18.3 Å². The molecule has 1 heterocycles. The molecule has 1 aromatic rings. The van der Waals surface area contributed by atoms with E-state index in [4.69, 9.17) is 15.0 Å². The molecule has 0 unspecified atom stereocenters. The highest BCUT2D eigenvalue weighted by molar-refractivity contribution is 7.80. The van der Waals surface area contributed by atoms with Gasteiger partial charge in [0.25, 0.3) is 0 Å². The first-order chi connectivity index (χ1) is 10.2. The van der Waals surface area contributed by atoms with E-state index >= 15 is 0 Å². The van der Waals surface area contributed by atoms with Gasteiger partial charge in [-0.3, -0.25) is 0 Å². The van der Waals surface area contributed by atoms with Gasteiger partial charge in [0, 0.05) is 5.75 Å². The van der Waals surface area contributed by atoms with E-state index in [9.17, 15) is 5.26 Å². The fraction of sp³-hybridized carbons (Fsp3) is 0.438. The van der Waals surface area contributed by atoms with Gasteiger partial charge in [-0.1, -0.05) is 18.2 Å². The standard InChI is InChI=1S/C16H21BN2O2S/c1-15(2)16(3,4)21-17(20-15)12(10-22)8-11-6-5-7-14(19)13(11)9-18/h5-8,22H,10,19H2,1-4H3. The lowest BCUT2D eigenvalue weighted by molar-refractivity contribution is 0.00578. The first kappa shape index (κ1) is 16.9. The van der Waals surface area contributed by atoms with Crippen molar-refractivity contribution in [3.05, 3.63) is 34.8 Å². The molecule has 0 aromatic heterocycles. The summed E-state index contributed by atoms with van der Waals surface area (Å²) in [6, 6.07) is 7.53. The summed E-state index contributed by atoms with van der Waals surface area (Å²) in [5.41, 5.74) is 7.57. The molecule has 1 aliphatic rings. The number of anilines is 1. The summed E-state index contributed by atoms with van der Waals surface area (Å²) in [7, 11) is -0.476. The molecule has 0 bridgehead atoms. The van der Waals surface area contributed by atoms with Crippen molar-refractivity contribution in [2.24, 2.45) is 0 Å². The van der Waals surface area contributed by atoms with Crippen molar-refractivity contribution in [3.8, 4) is 6.07 Å². The van der Waals surface area contributed by atoms with Crippen LogP contribution < -0.4 is 5.73 Å². The normalized spacial score (nSPS) is 20.0. The number of rotatable bonds is 3. The molecule has 116 valence electrons. The van der Waals surface area contributed by atoms with Crippen molar-refractivity contribution in [2.75, 3.05) is 11.5 Å². The fourth-order valence-electron chi connectivity index (χ4n) is 2.22. The predicted molar refractivity (Wildman–Crippen MR) is 93.5 cm³/mol. The number of hydrogen-bond acceptors (Lipinski definition) is 5. The third-order valence-corrected chi connectivity index (χ3v) is 4.69. The molecular formula is C16H21BN2O2S. The Kier molecular flexibility index (Phi) is 4.62. The van der Waals surface area contributed by atoms with Gasteiger partial charge in [-0.2, -0.15) is 17.9 Å². The molecule has 2 rings (SSSR count). The van der Waals surface area contributed by atoms with E-state index in [2.05, 4.69) is 18.7 Å². The summed E-state index contributed by atoms with van der Waals surface area (Å²) in [6.45, 7) is 8.02. The Labute approximate surface area is 137 Å².